The quantitative estimate of drug-likeness (QED) is 0.859. The molecule has 0 saturated heterocycles. The minimum Gasteiger partial charge on any atom is -0.335 e. The summed E-state index contributed by atoms with van der Waals surface area (Å²) in [6.45, 7) is 0.906. The Balaban J connectivity index is 2.04. The number of amides is 1. The van der Waals surface area contributed by atoms with Crippen LogP contribution in [0.25, 0.3) is 0 Å². The van der Waals surface area contributed by atoms with Gasteiger partial charge in [-0.05, 0) is 12.1 Å². The third kappa shape index (κ3) is 3.26. The fourth-order valence-corrected chi connectivity index (χ4v) is 2.64. The molecule has 0 aliphatic heterocycles. The maximum absolute atomic E-state index is 12.2. The van der Waals surface area contributed by atoms with Gasteiger partial charge in [0.15, 0.2) is 0 Å². The van der Waals surface area contributed by atoms with Crippen molar-refractivity contribution in [1.82, 2.24) is 14.7 Å². The van der Waals surface area contributed by atoms with Crippen LogP contribution in [0.5, 0.6) is 0 Å². The summed E-state index contributed by atoms with van der Waals surface area (Å²) in [4.78, 5) is 15.0. The number of carbonyl (C=O) groups is 1. The molecule has 0 radical (unpaired) electrons. The average Bonchev–Trinajstić information content (AvgIpc) is 3.04. The van der Waals surface area contributed by atoms with Crippen LogP contribution in [0.2, 0.25) is 0 Å². The normalized spacial score (nSPS) is 9.95. The number of hydrogen-bond donors (Lipinski definition) is 1. The molecular weight excluding hydrogens is 272 g/mol. The van der Waals surface area contributed by atoms with Gasteiger partial charge in [-0.2, -0.15) is 5.10 Å². The molecule has 6 heteroatoms. The number of nitrogens with two attached hydrogens (primary N) is 1. The maximum atomic E-state index is 12.2. The van der Waals surface area contributed by atoms with Crippen LogP contribution in [-0.4, -0.2) is 34.2 Å². The third-order valence-electron chi connectivity index (χ3n) is 2.77. The van der Waals surface area contributed by atoms with Crippen LogP contribution in [0, 0.1) is 11.8 Å². The summed E-state index contributed by atoms with van der Waals surface area (Å²) >= 11 is 1.59. The summed E-state index contributed by atoms with van der Waals surface area (Å²) in [5, 5.41) is 5.98. The zero-order valence-electron chi connectivity index (χ0n) is 11.5. The zero-order valence-corrected chi connectivity index (χ0v) is 12.3. The largest absolute Gasteiger partial charge is 0.335 e. The highest BCUT2D eigenvalue weighted by Gasteiger charge is 2.15. The van der Waals surface area contributed by atoms with E-state index in [1.807, 2.05) is 11.4 Å². The monoisotopic (exact) mass is 288 g/mol. The standard InChI is InChI=1S/C14H16N4OS/c1-17(14(19)13-5-7-16-18(13)2)9-12-8-11(10-20-12)4-3-6-15/h5,7-8,10H,6,9,15H2,1-2H3. The topological polar surface area (TPSA) is 64.2 Å². The smallest absolute Gasteiger partial charge is 0.272 e. The summed E-state index contributed by atoms with van der Waals surface area (Å²) in [6.07, 6.45) is 1.62. The van der Waals surface area contributed by atoms with Gasteiger partial charge < -0.3 is 10.6 Å². The lowest BCUT2D eigenvalue weighted by Gasteiger charge is -2.15. The van der Waals surface area contributed by atoms with Crippen LogP contribution >= 0.6 is 11.3 Å². The van der Waals surface area contributed by atoms with E-state index < -0.39 is 0 Å². The van der Waals surface area contributed by atoms with Crippen molar-refractivity contribution >= 4 is 17.2 Å². The van der Waals surface area contributed by atoms with E-state index in [1.165, 1.54) is 0 Å². The van der Waals surface area contributed by atoms with Gasteiger partial charge in [0.2, 0.25) is 0 Å². The first-order valence-corrected chi connectivity index (χ1v) is 6.99. The molecule has 0 saturated carbocycles. The number of aromatic nitrogens is 2. The average molecular weight is 288 g/mol. The molecule has 0 unspecified atom stereocenters. The minimum absolute atomic E-state index is 0.0482. The molecule has 2 heterocycles. The van der Waals surface area contributed by atoms with E-state index in [0.29, 0.717) is 18.8 Å². The number of aryl methyl sites for hydroxylation is 1. The molecule has 1 amide bonds. The maximum Gasteiger partial charge on any atom is 0.272 e. The molecule has 0 fully saturated rings. The molecule has 0 aromatic carbocycles. The Labute approximate surface area is 122 Å². The number of hydrogen-bond acceptors (Lipinski definition) is 4. The Morgan fingerprint density at radius 1 is 1.60 bits per heavy atom. The van der Waals surface area contributed by atoms with E-state index in [-0.39, 0.29) is 5.91 Å². The Bertz CT molecular complexity index is 662. The summed E-state index contributed by atoms with van der Waals surface area (Å²) in [6, 6.07) is 3.70. The third-order valence-corrected chi connectivity index (χ3v) is 3.69. The van der Waals surface area contributed by atoms with Crippen molar-refractivity contribution in [3.63, 3.8) is 0 Å². The summed E-state index contributed by atoms with van der Waals surface area (Å²) < 4.78 is 1.57. The molecule has 104 valence electrons. The SMILES string of the molecule is CN(Cc1cc(C#CCN)cs1)C(=O)c1ccnn1C. The second kappa shape index (κ2) is 6.37. The highest BCUT2D eigenvalue weighted by molar-refractivity contribution is 7.10. The van der Waals surface area contributed by atoms with Gasteiger partial charge in [-0.25, -0.2) is 0 Å². The second-order valence-corrected chi connectivity index (χ2v) is 5.30. The zero-order chi connectivity index (χ0) is 14.5. The predicted molar refractivity (Wildman–Crippen MR) is 79.3 cm³/mol. The van der Waals surface area contributed by atoms with Crippen LogP contribution in [0.1, 0.15) is 20.9 Å². The molecule has 2 aromatic heterocycles. The van der Waals surface area contributed by atoms with E-state index in [2.05, 4.69) is 16.9 Å². The van der Waals surface area contributed by atoms with Crippen molar-refractivity contribution < 1.29 is 4.79 Å². The van der Waals surface area contributed by atoms with Gasteiger partial charge in [-0.1, -0.05) is 11.8 Å². The number of thiophene rings is 1. The first-order chi connectivity index (χ1) is 9.61. The van der Waals surface area contributed by atoms with Crippen molar-refractivity contribution in [3.8, 4) is 11.8 Å². The van der Waals surface area contributed by atoms with Gasteiger partial charge in [0.05, 0.1) is 13.1 Å². The molecule has 0 aliphatic carbocycles. The summed E-state index contributed by atoms with van der Waals surface area (Å²) in [5.74, 6) is 5.75. The summed E-state index contributed by atoms with van der Waals surface area (Å²) in [5.41, 5.74) is 6.86. The molecule has 0 atom stereocenters. The van der Waals surface area contributed by atoms with Gasteiger partial charge >= 0.3 is 0 Å². The predicted octanol–water partition coefficient (Wildman–Crippen LogP) is 1.06. The van der Waals surface area contributed by atoms with Crippen LogP contribution < -0.4 is 5.73 Å². The van der Waals surface area contributed by atoms with E-state index in [1.54, 1.807) is 47.3 Å². The molecular formula is C14H16N4OS. The fourth-order valence-electron chi connectivity index (χ4n) is 1.77. The molecule has 0 bridgehead atoms. The Morgan fingerprint density at radius 2 is 2.40 bits per heavy atom. The van der Waals surface area contributed by atoms with Crippen molar-refractivity contribution in [2.45, 2.75) is 6.54 Å². The molecule has 0 spiro atoms. The van der Waals surface area contributed by atoms with Gasteiger partial charge in [0.1, 0.15) is 5.69 Å². The van der Waals surface area contributed by atoms with Crippen molar-refractivity contribution in [2.75, 3.05) is 13.6 Å². The van der Waals surface area contributed by atoms with Gasteiger partial charge in [-0.3, -0.25) is 9.48 Å². The van der Waals surface area contributed by atoms with Crippen molar-refractivity contribution in [2.24, 2.45) is 12.8 Å². The molecule has 2 N–H and O–H groups in total. The Kier molecular flexibility index (Phi) is 4.56. The van der Waals surface area contributed by atoms with Crippen LogP contribution in [0.3, 0.4) is 0 Å². The van der Waals surface area contributed by atoms with Gasteiger partial charge in [0, 0.05) is 36.1 Å². The molecule has 2 rings (SSSR count). The lowest BCUT2D eigenvalue weighted by Crippen LogP contribution is -2.27. The molecule has 5 nitrogen and oxygen atoms in total. The lowest BCUT2D eigenvalue weighted by molar-refractivity contribution is 0.0775. The minimum atomic E-state index is -0.0482. The van der Waals surface area contributed by atoms with Crippen LogP contribution in [0.15, 0.2) is 23.7 Å². The van der Waals surface area contributed by atoms with E-state index >= 15 is 0 Å². The van der Waals surface area contributed by atoms with E-state index in [0.717, 1.165) is 10.4 Å². The van der Waals surface area contributed by atoms with E-state index in [9.17, 15) is 4.79 Å². The number of rotatable bonds is 3. The van der Waals surface area contributed by atoms with E-state index in [4.69, 9.17) is 5.73 Å². The molecule has 20 heavy (non-hydrogen) atoms. The summed E-state index contributed by atoms with van der Waals surface area (Å²) in [7, 11) is 3.53. The highest BCUT2D eigenvalue weighted by atomic mass is 32.1. The van der Waals surface area contributed by atoms with Gasteiger partial charge in [0.25, 0.3) is 5.91 Å². The van der Waals surface area contributed by atoms with Gasteiger partial charge in [-0.15, -0.1) is 11.3 Å². The molecule has 0 aliphatic rings. The first kappa shape index (κ1) is 14.3. The fraction of sp³-hybridized carbons (Fsp3) is 0.286. The second-order valence-electron chi connectivity index (χ2n) is 4.31. The van der Waals surface area contributed by atoms with Crippen molar-refractivity contribution in [1.29, 1.82) is 0 Å². The van der Waals surface area contributed by atoms with Crippen LogP contribution in [-0.2, 0) is 13.6 Å². The number of nitrogens with zero attached hydrogens (tertiary/aromatic N) is 3. The molecule has 2 aromatic rings. The van der Waals surface area contributed by atoms with Crippen LogP contribution in [0.4, 0.5) is 0 Å². The Morgan fingerprint density at radius 3 is 3.05 bits per heavy atom. The first-order valence-electron chi connectivity index (χ1n) is 6.11. The lowest BCUT2D eigenvalue weighted by atomic mass is 10.3. The Hall–Kier alpha value is -2.10. The van der Waals surface area contributed by atoms with Crippen molar-refractivity contribution in [3.05, 3.63) is 39.8 Å². The number of carbonyl (C=O) groups excluding carboxylic acids is 1. The highest BCUT2D eigenvalue weighted by Crippen LogP contribution is 2.16.